The minimum absolute atomic E-state index is 0.261. The zero-order valence-corrected chi connectivity index (χ0v) is 11.3. The number of carbonyl (C=O) groups is 2. The standard InChI is InChI=1S/C13H18N2O5/c1-8(9-3-5-10(20-2)6-4-9)15-13(19)14-7-11(16)12(17)18/h3-6,8,11,16H,7H2,1-2H3,(H,17,18)(H2,14,15,19). The first-order valence-electron chi connectivity index (χ1n) is 6.03. The topological polar surface area (TPSA) is 108 Å². The van der Waals surface area contributed by atoms with Crippen LogP contribution in [0.3, 0.4) is 0 Å². The molecule has 2 atom stereocenters. The van der Waals surface area contributed by atoms with Gasteiger partial charge in [-0.2, -0.15) is 0 Å². The van der Waals surface area contributed by atoms with Gasteiger partial charge in [0, 0.05) is 0 Å². The minimum atomic E-state index is -1.61. The normalized spacial score (nSPS) is 13.2. The Hall–Kier alpha value is -2.28. The number of benzene rings is 1. The number of urea groups is 1. The van der Waals surface area contributed by atoms with E-state index in [9.17, 15) is 9.59 Å². The van der Waals surface area contributed by atoms with Crippen molar-refractivity contribution in [2.24, 2.45) is 0 Å². The van der Waals surface area contributed by atoms with E-state index in [-0.39, 0.29) is 12.6 Å². The summed E-state index contributed by atoms with van der Waals surface area (Å²) in [5, 5.41) is 22.4. The molecule has 110 valence electrons. The molecule has 4 N–H and O–H groups in total. The minimum Gasteiger partial charge on any atom is -0.497 e. The number of hydrogen-bond acceptors (Lipinski definition) is 4. The SMILES string of the molecule is COc1ccc(C(C)NC(=O)NCC(O)C(=O)O)cc1. The molecule has 0 heterocycles. The predicted octanol–water partition coefficient (Wildman–Crippen LogP) is 0.501. The molecule has 0 aliphatic heterocycles. The Labute approximate surface area is 116 Å². The van der Waals surface area contributed by atoms with Gasteiger partial charge in [-0.15, -0.1) is 0 Å². The van der Waals surface area contributed by atoms with Crippen molar-refractivity contribution in [3.63, 3.8) is 0 Å². The van der Waals surface area contributed by atoms with Crippen LogP contribution in [0, 0.1) is 0 Å². The number of carboxylic acids is 1. The van der Waals surface area contributed by atoms with Gasteiger partial charge >= 0.3 is 12.0 Å². The molecule has 1 aromatic rings. The number of carboxylic acid groups (broad SMARTS) is 1. The lowest BCUT2D eigenvalue weighted by Gasteiger charge is -2.16. The Morgan fingerprint density at radius 2 is 1.90 bits per heavy atom. The first kappa shape index (κ1) is 15.8. The van der Waals surface area contributed by atoms with Gasteiger partial charge in [-0.1, -0.05) is 12.1 Å². The summed E-state index contributed by atoms with van der Waals surface area (Å²) in [5.74, 6) is -0.663. The van der Waals surface area contributed by atoms with Crippen LogP contribution in [0.1, 0.15) is 18.5 Å². The molecular weight excluding hydrogens is 264 g/mol. The quantitative estimate of drug-likeness (QED) is 0.607. The maximum absolute atomic E-state index is 11.5. The van der Waals surface area contributed by atoms with Crippen LogP contribution in [-0.2, 0) is 4.79 Å². The first-order valence-corrected chi connectivity index (χ1v) is 6.03. The fourth-order valence-electron chi connectivity index (χ4n) is 1.50. The van der Waals surface area contributed by atoms with Gasteiger partial charge < -0.3 is 25.6 Å². The molecule has 1 aromatic carbocycles. The number of carbonyl (C=O) groups excluding carboxylic acids is 1. The Morgan fingerprint density at radius 1 is 1.30 bits per heavy atom. The molecule has 2 amide bonds. The van der Waals surface area contributed by atoms with Gasteiger partial charge in [-0.05, 0) is 24.6 Å². The summed E-state index contributed by atoms with van der Waals surface area (Å²) in [6.07, 6.45) is -1.61. The number of aliphatic hydroxyl groups is 1. The molecule has 0 saturated carbocycles. The van der Waals surface area contributed by atoms with Crippen molar-refractivity contribution in [3.8, 4) is 5.75 Å². The summed E-state index contributed by atoms with van der Waals surface area (Å²) in [6, 6.07) is 6.38. The van der Waals surface area contributed by atoms with Crippen LogP contribution in [0.2, 0.25) is 0 Å². The molecule has 7 heteroatoms. The molecule has 0 fully saturated rings. The van der Waals surface area contributed by atoms with Gasteiger partial charge in [0.05, 0.1) is 19.7 Å². The third-order valence-corrected chi connectivity index (χ3v) is 2.70. The van der Waals surface area contributed by atoms with E-state index in [2.05, 4.69) is 10.6 Å². The van der Waals surface area contributed by atoms with Gasteiger partial charge in [0.1, 0.15) is 5.75 Å². The number of aliphatic carboxylic acids is 1. The lowest BCUT2D eigenvalue weighted by molar-refractivity contribution is -0.146. The van der Waals surface area contributed by atoms with Gasteiger partial charge in [0.25, 0.3) is 0 Å². The molecule has 0 bridgehead atoms. The summed E-state index contributed by atoms with van der Waals surface area (Å²) in [4.78, 5) is 21.9. The maximum atomic E-state index is 11.5. The first-order chi connectivity index (χ1) is 9.43. The molecule has 2 unspecified atom stereocenters. The Bertz CT molecular complexity index is 460. The summed E-state index contributed by atoms with van der Waals surface area (Å²) in [7, 11) is 1.57. The van der Waals surface area contributed by atoms with Crippen LogP contribution in [0.25, 0.3) is 0 Å². The smallest absolute Gasteiger partial charge is 0.334 e. The monoisotopic (exact) mass is 282 g/mol. The molecule has 1 rings (SSSR count). The van der Waals surface area contributed by atoms with Gasteiger partial charge in [-0.25, -0.2) is 9.59 Å². The Morgan fingerprint density at radius 3 is 2.40 bits per heavy atom. The van der Waals surface area contributed by atoms with E-state index < -0.39 is 18.1 Å². The average molecular weight is 282 g/mol. The molecule has 0 aromatic heterocycles. The summed E-state index contributed by atoms with van der Waals surface area (Å²) < 4.78 is 5.03. The Balaban J connectivity index is 2.46. The number of nitrogens with one attached hydrogen (secondary N) is 2. The molecule has 0 aliphatic rings. The molecule has 20 heavy (non-hydrogen) atoms. The largest absolute Gasteiger partial charge is 0.497 e. The van der Waals surface area contributed by atoms with Gasteiger partial charge in [-0.3, -0.25) is 0 Å². The highest BCUT2D eigenvalue weighted by Crippen LogP contribution is 2.16. The van der Waals surface area contributed by atoms with Crippen molar-refractivity contribution in [1.29, 1.82) is 0 Å². The number of ether oxygens (including phenoxy) is 1. The van der Waals surface area contributed by atoms with E-state index in [1.807, 2.05) is 12.1 Å². The molecule has 7 nitrogen and oxygen atoms in total. The van der Waals surface area contributed by atoms with Crippen LogP contribution < -0.4 is 15.4 Å². The van der Waals surface area contributed by atoms with E-state index in [1.165, 1.54) is 0 Å². The van der Waals surface area contributed by atoms with Crippen LogP contribution in [0.15, 0.2) is 24.3 Å². The molecular formula is C13H18N2O5. The summed E-state index contributed by atoms with van der Waals surface area (Å²) >= 11 is 0. The summed E-state index contributed by atoms with van der Waals surface area (Å²) in [5.41, 5.74) is 0.875. The van der Waals surface area contributed by atoms with Crippen molar-refractivity contribution >= 4 is 12.0 Å². The lowest BCUT2D eigenvalue weighted by Crippen LogP contribution is -2.42. The number of aliphatic hydroxyl groups excluding tert-OH is 1. The van der Waals surface area contributed by atoms with Gasteiger partial charge in [0.2, 0.25) is 0 Å². The predicted molar refractivity (Wildman–Crippen MR) is 71.6 cm³/mol. The highest BCUT2D eigenvalue weighted by atomic mass is 16.5. The number of amides is 2. The fourth-order valence-corrected chi connectivity index (χ4v) is 1.50. The van der Waals surface area contributed by atoms with Crippen LogP contribution in [0.4, 0.5) is 4.79 Å². The zero-order chi connectivity index (χ0) is 15.1. The maximum Gasteiger partial charge on any atom is 0.334 e. The van der Waals surface area contributed by atoms with E-state index in [4.69, 9.17) is 14.9 Å². The van der Waals surface area contributed by atoms with E-state index >= 15 is 0 Å². The molecule has 0 spiro atoms. The average Bonchev–Trinajstić information content (AvgIpc) is 2.44. The number of rotatable bonds is 6. The number of methoxy groups -OCH3 is 1. The third-order valence-electron chi connectivity index (χ3n) is 2.70. The van der Waals surface area contributed by atoms with E-state index in [0.29, 0.717) is 0 Å². The second-order valence-corrected chi connectivity index (χ2v) is 4.20. The van der Waals surface area contributed by atoms with Gasteiger partial charge in [0.15, 0.2) is 6.10 Å². The zero-order valence-electron chi connectivity index (χ0n) is 11.3. The van der Waals surface area contributed by atoms with E-state index in [1.54, 1.807) is 26.2 Å². The van der Waals surface area contributed by atoms with Crippen LogP contribution in [0.5, 0.6) is 5.75 Å². The molecule has 0 saturated heterocycles. The lowest BCUT2D eigenvalue weighted by atomic mass is 10.1. The second-order valence-electron chi connectivity index (χ2n) is 4.20. The second kappa shape index (κ2) is 7.34. The van der Waals surface area contributed by atoms with E-state index in [0.717, 1.165) is 11.3 Å². The van der Waals surface area contributed by atoms with Crippen LogP contribution in [-0.4, -0.2) is 42.0 Å². The van der Waals surface area contributed by atoms with Crippen molar-refractivity contribution in [3.05, 3.63) is 29.8 Å². The highest BCUT2D eigenvalue weighted by Gasteiger charge is 2.15. The number of hydrogen-bond donors (Lipinski definition) is 4. The van der Waals surface area contributed by atoms with Crippen molar-refractivity contribution < 1.29 is 24.5 Å². The van der Waals surface area contributed by atoms with Crippen molar-refractivity contribution in [2.75, 3.05) is 13.7 Å². The summed E-state index contributed by atoms with van der Waals surface area (Å²) in [6.45, 7) is 1.44. The highest BCUT2D eigenvalue weighted by molar-refractivity contribution is 5.76. The van der Waals surface area contributed by atoms with Crippen molar-refractivity contribution in [1.82, 2.24) is 10.6 Å². The molecule has 0 radical (unpaired) electrons. The molecule has 0 aliphatic carbocycles. The fraction of sp³-hybridized carbons (Fsp3) is 0.385. The third kappa shape index (κ3) is 4.77. The van der Waals surface area contributed by atoms with Crippen LogP contribution >= 0.6 is 0 Å². The van der Waals surface area contributed by atoms with Crippen molar-refractivity contribution in [2.45, 2.75) is 19.1 Å². The Kier molecular flexibility index (Phi) is 5.79.